The van der Waals surface area contributed by atoms with Crippen molar-refractivity contribution < 1.29 is 19.4 Å². The maximum atomic E-state index is 11.6. The zero-order valence-corrected chi connectivity index (χ0v) is 15.2. The number of aliphatic hydroxyl groups is 1. The summed E-state index contributed by atoms with van der Waals surface area (Å²) in [5, 5.41) is 12.2. The molecule has 0 bridgehead atoms. The summed E-state index contributed by atoms with van der Waals surface area (Å²) in [6.07, 6.45) is 1.57. The minimum absolute atomic E-state index is 0.0622. The molecule has 0 aliphatic heterocycles. The number of carbonyl (C=O) groups is 1. The molecule has 1 unspecified atom stereocenters. The average Bonchev–Trinajstić information content (AvgIpc) is 2.38. The summed E-state index contributed by atoms with van der Waals surface area (Å²) in [4.78, 5) is 11.6. The second kappa shape index (κ2) is 10.2. The van der Waals surface area contributed by atoms with Gasteiger partial charge in [-0.05, 0) is 33.6 Å². The van der Waals surface area contributed by atoms with E-state index in [1.54, 1.807) is 0 Å². The van der Waals surface area contributed by atoms with Crippen molar-refractivity contribution in [3.63, 3.8) is 0 Å². The Morgan fingerprint density at radius 2 is 1.77 bits per heavy atom. The molecule has 0 aromatic heterocycles. The molecule has 0 aliphatic carbocycles. The standard InChI is InChI=1S/C17H35NO4/c1-16(2,3)15(20)18-9-7-10-21-11-8-14(12-19)13-22-17(4,5)6/h14,19H,7-13H2,1-6H3,(H,18,20). The molecule has 0 radical (unpaired) electrons. The molecule has 22 heavy (non-hydrogen) atoms. The predicted octanol–water partition coefficient (Wildman–Crippen LogP) is 2.37. The Labute approximate surface area is 135 Å². The molecule has 132 valence electrons. The third kappa shape index (κ3) is 12.0. The third-order valence-electron chi connectivity index (χ3n) is 3.11. The molecule has 0 aromatic carbocycles. The van der Waals surface area contributed by atoms with Crippen molar-refractivity contribution in [3.05, 3.63) is 0 Å². The molecular formula is C17H35NO4. The van der Waals surface area contributed by atoms with E-state index in [2.05, 4.69) is 5.32 Å². The normalized spacial score (nSPS) is 14.0. The lowest BCUT2D eigenvalue weighted by Crippen LogP contribution is -2.35. The van der Waals surface area contributed by atoms with Crippen molar-refractivity contribution in [1.29, 1.82) is 0 Å². The molecule has 0 spiro atoms. The van der Waals surface area contributed by atoms with Gasteiger partial charge >= 0.3 is 0 Å². The lowest BCUT2D eigenvalue weighted by Gasteiger charge is -2.23. The molecule has 1 atom stereocenters. The van der Waals surface area contributed by atoms with Crippen LogP contribution < -0.4 is 5.32 Å². The fraction of sp³-hybridized carbons (Fsp3) is 0.941. The topological polar surface area (TPSA) is 67.8 Å². The van der Waals surface area contributed by atoms with Crippen molar-refractivity contribution in [2.75, 3.05) is 33.0 Å². The minimum atomic E-state index is -0.345. The highest BCUT2D eigenvalue weighted by molar-refractivity contribution is 5.81. The van der Waals surface area contributed by atoms with Gasteiger partial charge in [-0.1, -0.05) is 20.8 Å². The van der Waals surface area contributed by atoms with Crippen molar-refractivity contribution >= 4 is 5.91 Å². The SMILES string of the molecule is CC(C)(C)OCC(CO)CCOCCCNC(=O)C(C)(C)C. The second-order valence-electron chi connectivity index (χ2n) is 7.73. The van der Waals surface area contributed by atoms with Gasteiger partial charge < -0.3 is 19.9 Å². The van der Waals surface area contributed by atoms with E-state index in [0.29, 0.717) is 26.4 Å². The molecule has 5 heteroatoms. The molecule has 0 heterocycles. The first-order valence-electron chi connectivity index (χ1n) is 8.17. The highest BCUT2D eigenvalue weighted by Gasteiger charge is 2.20. The Bertz CT molecular complexity index is 305. The Hall–Kier alpha value is -0.650. The number of nitrogens with one attached hydrogen (secondary N) is 1. The fourth-order valence-electron chi connectivity index (χ4n) is 1.59. The number of hydrogen-bond acceptors (Lipinski definition) is 4. The van der Waals surface area contributed by atoms with Crippen LogP contribution in [0.1, 0.15) is 54.4 Å². The van der Waals surface area contributed by atoms with Gasteiger partial charge in [-0.2, -0.15) is 0 Å². The number of aliphatic hydroxyl groups excluding tert-OH is 1. The van der Waals surface area contributed by atoms with E-state index in [4.69, 9.17) is 9.47 Å². The fourth-order valence-corrected chi connectivity index (χ4v) is 1.59. The summed E-state index contributed by atoms with van der Waals surface area (Å²) in [6.45, 7) is 14.2. The summed E-state index contributed by atoms with van der Waals surface area (Å²) in [5.74, 6) is 0.173. The average molecular weight is 317 g/mol. The van der Waals surface area contributed by atoms with Crippen LogP contribution in [0.25, 0.3) is 0 Å². The van der Waals surface area contributed by atoms with E-state index in [-0.39, 0.29) is 29.4 Å². The van der Waals surface area contributed by atoms with Crippen molar-refractivity contribution in [2.24, 2.45) is 11.3 Å². The molecule has 2 N–H and O–H groups in total. The predicted molar refractivity (Wildman–Crippen MR) is 88.8 cm³/mol. The van der Waals surface area contributed by atoms with Crippen LogP contribution in [0.2, 0.25) is 0 Å². The van der Waals surface area contributed by atoms with Gasteiger partial charge in [0.1, 0.15) is 0 Å². The van der Waals surface area contributed by atoms with Crippen LogP contribution in [-0.2, 0) is 14.3 Å². The number of carbonyl (C=O) groups excluding carboxylic acids is 1. The van der Waals surface area contributed by atoms with Crippen LogP contribution in [0, 0.1) is 11.3 Å². The van der Waals surface area contributed by atoms with Gasteiger partial charge in [-0.25, -0.2) is 0 Å². The lowest BCUT2D eigenvalue weighted by molar-refractivity contribution is -0.128. The van der Waals surface area contributed by atoms with E-state index >= 15 is 0 Å². The molecule has 0 rings (SSSR count). The Morgan fingerprint density at radius 1 is 1.14 bits per heavy atom. The Morgan fingerprint density at radius 3 is 2.27 bits per heavy atom. The monoisotopic (exact) mass is 317 g/mol. The van der Waals surface area contributed by atoms with E-state index < -0.39 is 0 Å². The molecule has 1 amide bonds. The molecular weight excluding hydrogens is 282 g/mol. The van der Waals surface area contributed by atoms with E-state index in [1.807, 2.05) is 41.5 Å². The number of hydrogen-bond donors (Lipinski definition) is 2. The number of rotatable bonds is 10. The highest BCUT2D eigenvalue weighted by atomic mass is 16.5. The lowest BCUT2D eigenvalue weighted by atomic mass is 9.96. The van der Waals surface area contributed by atoms with Crippen LogP contribution in [0.15, 0.2) is 0 Å². The zero-order valence-electron chi connectivity index (χ0n) is 15.2. The van der Waals surface area contributed by atoms with Gasteiger partial charge in [-0.3, -0.25) is 4.79 Å². The van der Waals surface area contributed by atoms with Crippen LogP contribution in [0.4, 0.5) is 0 Å². The van der Waals surface area contributed by atoms with Gasteiger partial charge in [0.2, 0.25) is 5.91 Å². The van der Waals surface area contributed by atoms with Gasteiger partial charge in [0.05, 0.1) is 12.2 Å². The van der Waals surface area contributed by atoms with E-state index in [1.165, 1.54) is 0 Å². The summed E-state index contributed by atoms with van der Waals surface area (Å²) in [7, 11) is 0. The number of amides is 1. The van der Waals surface area contributed by atoms with Crippen molar-refractivity contribution in [3.8, 4) is 0 Å². The third-order valence-corrected chi connectivity index (χ3v) is 3.11. The van der Waals surface area contributed by atoms with E-state index in [0.717, 1.165) is 12.8 Å². The summed E-state index contributed by atoms with van der Waals surface area (Å²) >= 11 is 0. The van der Waals surface area contributed by atoms with Gasteiger partial charge in [0, 0.05) is 37.7 Å². The van der Waals surface area contributed by atoms with Gasteiger partial charge in [-0.15, -0.1) is 0 Å². The summed E-state index contributed by atoms with van der Waals surface area (Å²) < 4.78 is 11.2. The minimum Gasteiger partial charge on any atom is -0.396 e. The molecule has 5 nitrogen and oxygen atoms in total. The highest BCUT2D eigenvalue weighted by Crippen LogP contribution is 2.13. The van der Waals surface area contributed by atoms with Crippen LogP contribution in [0.5, 0.6) is 0 Å². The van der Waals surface area contributed by atoms with Crippen LogP contribution in [-0.4, -0.2) is 49.6 Å². The molecule has 0 saturated carbocycles. The molecule has 0 fully saturated rings. The van der Waals surface area contributed by atoms with Crippen LogP contribution >= 0.6 is 0 Å². The summed E-state index contributed by atoms with van der Waals surface area (Å²) in [6, 6.07) is 0. The zero-order chi connectivity index (χ0) is 17.2. The van der Waals surface area contributed by atoms with Gasteiger partial charge in [0.25, 0.3) is 0 Å². The Kier molecular flexibility index (Phi) is 9.89. The van der Waals surface area contributed by atoms with Crippen LogP contribution in [0.3, 0.4) is 0 Å². The molecule has 0 aromatic rings. The first-order valence-corrected chi connectivity index (χ1v) is 8.17. The largest absolute Gasteiger partial charge is 0.396 e. The first-order chi connectivity index (χ1) is 10.1. The summed E-state index contributed by atoms with van der Waals surface area (Å²) in [5.41, 5.74) is -0.526. The first kappa shape index (κ1) is 21.4. The molecule has 0 saturated heterocycles. The maximum Gasteiger partial charge on any atom is 0.225 e. The van der Waals surface area contributed by atoms with Gasteiger partial charge in [0.15, 0.2) is 0 Å². The Balaban J connectivity index is 3.61. The number of ether oxygens (including phenoxy) is 2. The smallest absolute Gasteiger partial charge is 0.225 e. The van der Waals surface area contributed by atoms with Crippen molar-refractivity contribution in [1.82, 2.24) is 5.32 Å². The van der Waals surface area contributed by atoms with Crippen molar-refractivity contribution in [2.45, 2.75) is 60.0 Å². The second-order valence-corrected chi connectivity index (χ2v) is 7.73. The van der Waals surface area contributed by atoms with E-state index in [9.17, 15) is 9.90 Å². The quantitative estimate of drug-likeness (QED) is 0.607. The maximum absolute atomic E-state index is 11.6. The molecule has 0 aliphatic rings.